The highest BCUT2D eigenvalue weighted by Crippen LogP contribution is 2.35. The van der Waals surface area contributed by atoms with Gasteiger partial charge in [-0.25, -0.2) is 9.97 Å². The summed E-state index contributed by atoms with van der Waals surface area (Å²) < 4.78 is 48.7. The molecule has 5 nitrogen and oxygen atoms in total. The second-order valence-corrected chi connectivity index (χ2v) is 6.05. The van der Waals surface area contributed by atoms with Crippen molar-refractivity contribution in [1.82, 2.24) is 9.97 Å². The van der Waals surface area contributed by atoms with Crippen LogP contribution >= 0.6 is 11.6 Å². The minimum Gasteiger partial charge on any atom is -0.454 e. The van der Waals surface area contributed by atoms with Crippen molar-refractivity contribution in [2.75, 3.05) is 12.1 Å². The van der Waals surface area contributed by atoms with Gasteiger partial charge >= 0.3 is 6.18 Å². The van der Waals surface area contributed by atoms with E-state index in [1.165, 1.54) is 18.2 Å². The molecule has 0 saturated carbocycles. The molecule has 0 saturated heterocycles. The first kappa shape index (κ1) is 17.4. The molecule has 0 fully saturated rings. The summed E-state index contributed by atoms with van der Waals surface area (Å²) in [6.07, 6.45) is -4.40. The van der Waals surface area contributed by atoms with Crippen LogP contribution in [0, 0.1) is 0 Å². The van der Waals surface area contributed by atoms with Gasteiger partial charge in [0.05, 0.1) is 5.56 Å². The lowest BCUT2D eigenvalue weighted by Crippen LogP contribution is -2.04. The molecule has 0 unspecified atom stereocenters. The molecule has 2 heterocycles. The summed E-state index contributed by atoms with van der Waals surface area (Å²) in [7, 11) is 0. The van der Waals surface area contributed by atoms with Gasteiger partial charge in [0.1, 0.15) is 11.0 Å². The molecule has 1 aromatic heterocycles. The smallest absolute Gasteiger partial charge is 0.416 e. The summed E-state index contributed by atoms with van der Waals surface area (Å²) in [5, 5.41) is 3.22. The van der Waals surface area contributed by atoms with Crippen molar-refractivity contribution >= 4 is 23.1 Å². The van der Waals surface area contributed by atoms with Crippen LogP contribution in [0.1, 0.15) is 5.56 Å². The first-order chi connectivity index (χ1) is 12.9. The Hall–Kier alpha value is -3.00. The van der Waals surface area contributed by atoms with Gasteiger partial charge in [0.25, 0.3) is 0 Å². The van der Waals surface area contributed by atoms with Gasteiger partial charge in [0.15, 0.2) is 17.3 Å². The van der Waals surface area contributed by atoms with Crippen molar-refractivity contribution in [3.63, 3.8) is 0 Å². The maximum Gasteiger partial charge on any atom is 0.416 e. The molecule has 27 heavy (non-hydrogen) atoms. The third kappa shape index (κ3) is 3.75. The van der Waals surface area contributed by atoms with Crippen molar-refractivity contribution in [3.8, 4) is 22.9 Å². The van der Waals surface area contributed by atoms with Crippen LogP contribution in [0.4, 0.5) is 24.7 Å². The van der Waals surface area contributed by atoms with Crippen LogP contribution in [0.5, 0.6) is 11.5 Å². The lowest BCUT2D eigenvalue weighted by Gasteiger charge is -2.10. The number of hydrogen-bond acceptors (Lipinski definition) is 5. The lowest BCUT2D eigenvalue weighted by atomic mass is 10.1. The van der Waals surface area contributed by atoms with Gasteiger partial charge in [0.2, 0.25) is 6.79 Å². The second-order valence-electron chi connectivity index (χ2n) is 5.67. The Morgan fingerprint density at radius 1 is 0.926 bits per heavy atom. The quantitative estimate of drug-likeness (QED) is 0.613. The van der Waals surface area contributed by atoms with Gasteiger partial charge in [-0.15, -0.1) is 0 Å². The van der Waals surface area contributed by atoms with Gasteiger partial charge in [0, 0.05) is 23.4 Å². The Morgan fingerprint density at radius 2 is 1.67 bits per heavy atom. The van der Waals surface area contributed by atoms with Crippen LogP contribution in [-0.2, 0) is 6.18 Å². The van der Waals surface area contributed by atoms with Crippen molar-refractivity contribution in [2.24, 2.45) is 0 Å². The minimum atomic E-state index is -4.40. The van der Waals surface area contributed by atoms with E-state index in [9.17, 15) is 13.2 Å². The van der Waals surface area contributed by atoms with Crippen LogP contribution in [-0.4, -0.2) is 16.8 Å². The predicted molar refractivity (Wildman–Crippen MR) is 93.3 cm³/mol. The normalized spacial score (nSPS) is 12.9. The Bertz CT molecular complexity index is 994. The van der Waals surface area contributed by atoms with E-state index in [0.717, 1.165) is 12.1 Å². The van der Waals surface area contributed by atoms with E-state index in [4.69, 9.17) is 21.1 Å². The fourth-order valence-electron chi connectivity index (χ4n) is 2.54. The van der Waals surface area contributed by atoms with Gasteiger partial charge in [-0.05, 0) is 24.3 Å². The third-order valence-corrected chi connectivity index (χ3v) is 4.00. The highest BCUT2D eigenvalue weighted by Gasteiger charge is 2.30. The summed E-state index contributed by atoms with van der Waals surface area (Å²) in [6.45, 7) is 0.163. The molecule has 2 aromatic carbocycles. The van der Waals surface area contributed by atoms with Crippen LogP contribution in [0.15, 0.2) is 48.5 Å². The maximum absolute atomic E-state index is 12.7. The van der Waals surface area contributed by atoms with Crippen molar-refractivity contribution in [1.29, 1.82) is 0 Å². The molecule has 1 aliphatic heterocycles. The van der Waals surface area contributed by atoms with E-state index in [1.807, 2.05) is 0 Å². The molecule has 1 aliphatic rings. The monoisotopic (exact) mass is 393 g/mol. The summed E-state index contributed by atoms with van der Waals surface area (Å²) in [5.41, 5.74) is 0.360. The number of hydrogen-bond donors (Lipinski definition) is 1. The van der Waals surface area contributed by atoms with Gasteiger partial charge in [-0.1, -0.05) is 23.7 Å². The molecule has 0 spiro atoms. The van der Waals surface area contributed by atoms with E-state index in [1.54, 1.807) is 18.2 Å². The molecule has 3 aromatic rings. The molecular formula is C18H11ClF3N3O2. The zero-order valence-electron chi connectivity index (χ0n) is 13.5. The third-order valence-electron chi connectivity index (χ3n) is 3.81. The molecule has 0 bridgehead atoms. The first-order valence-electron chi connectivity index (χ1n) is 7.77. The van der Waals surface area contributed by atoms with Crippen molar-refractivity contribution in [2.45, 2.75) is 6.18 Å². The fraction of sp³-hybridized carbons (Fsp3) is 0.111. The van der Waals surface area contributed by atoms with E-state index in [0.29, 0.717) is 28.6 Å². The number of halogens is 4. The van der Waals surface area contributed by atoms with Crippen LogP contribution in [0.25, 0.3) is 11.4 Å². The Kier molecular flexibility index (Phi) is 4.27. The predicted octanol–water partition coefficient (Wildman–Crippen LogP) is 5.29. The summed E-state index contributed by atoms with van der Waals surface area (Å²) in [6, 6.07) is 11.4. The van der Waals surface area contributed by atoms with Crippen LogP contribution in [0.3, 0.4) is 0 Å². The standard InChI is InChI=1S/C18H11ClF3N3O2/c19-15-8-16(23-12-5-6-13-14(7-12)27-9-26-13)25-17(24-15)10-1-3-11(4-2-10)18(20,21)22/h1-8H,9H2,(H,23,24,25). The van der Waals surface area contributed by atoms with Gasteiger partial charge in [-0.2, -0.15) is 13.2 Å². The number of ether oxygens (including phenoxy) is 2. The molecule has 0 amide bonds. The number of alkyl halides is 3. The largest absolute Gasteiger partial charge is 0.454 e. The highest BCUT2D eigenvalue weighted by molar-refractivity contribution is 6.29. The molecule has 1 N–H and O–H groups in total. The Morgan fingerprint density at radius 3 is 2.41 bits per heavy atom. The molecule has 9 heteroatoms. The molecule has 0 radical (unpaired) electrons. The number of nitrogens with one attached hydrogen (secondary N) is 1. The lowest BCUT2D eigenvalue weighted by molar-refractivity contribution is -0.137. The van der Waals surface area contributed by atoms with Crippen LogP contribution < -0.4 is 14.8 Å². The topological polar surface area (TPSA) is 56.3 Å². The maximum atomic E-state index is 12.7. The fourth-order valence-corrected chi connectivity index (χ4v) is 2.72. The van der Waals surface area contributed by atoms with E-state index >= 15 is 0 Å². The number of rotatable bonds is 3. The molecule has 0 atom stereocenters. The Balaban J connectivity index is 1.61. The van der Waals surface area contributed by atoms with Crippen LogP contribution in [0.2, 0.25) is 5.15 Å². The highest BCUT2D eigenvalue weighted by atomic mass is 35.5. The van der Waals surface area contributed by atoms with Crippen molar-refractivity contribution < 1.29 is 22.6 Å². The molecule has 0 aliphatic carbocycles. The number of aromatic nitrogens is 2. The average molecular weight is 394 g/mol. The van der Waals surface area contributed by atoms with Crippen molar-refractivity contribution in [3.05, 3.63) is 59.2 Å². The number of nitrogens with zero attached hydrogens (tertiary/aromatic N) is 2. The van der Waals surface area contributed by atoms with Gasteiger partial charge < -0.3 is 14.8 Å². The average Bonchev–Trinajstić information content (AvgIpc) is 3.08. The summed E-state index contributed by atoms with van der Waals surface area (Å²) >= 11 is 6.05. The second kappa shape index (κ2) is 6.62. The van der Waals surface area contributed by atoms with E-state index in [-0.39, 0.29) is 17.8 Å². The molecule has 4 rings (SSSR count). The molecule has 138 valence electrons. The number of benzene rings is 2. The van der Waals surface area contributed by atoms with E-state index in [2.05, 4.69) is 15.3 Å². The number of anilines is 2. The SMILES string of the molecule is FC(F)(F)c1ccc(-c2nc(Cl)cc(Nc3ccc4c(c3)OCO4)n2)cc1. The first-order valence-corrected chi connectivity index (χ1v) is 8.15. The minimum absolute atomic E-state index is 0.156. The zero-order chi connectivity index (χ0) is 19.0. The van der Waals surface area contributed by atoms with E-state index < -0.39 is 11.7 Å². The molecular weight excluding hydrogens is 383 g/mol. The summed E-state index contributed by atoms with van der Waals surface area (Å²) in [5.74, 6) is 1.85. The Labute approximate surface area is 156 Å². The number of fused-ring (bicyclic) bond motifs is 1. The zero-order valence-corrected chi connectivity index (χ0v) is 14.3. The van der Waals surface area contributed by atoms with Gasteiger partial charge in [-0.3, -0.25) is 0 Å². The summed E-state index contributed by atoms with van der Waals surface area (Å²) in [4.78, 5) is 8.41.